The fourth-order valence-electron chi connectivity index (χ4n) is 5.30. The maximum atomic E-state index is 13.5. The third-order valence-corrected chi connectivity index (χ3v) is 7.83. The monoisotopic (exact) mass is 628 g/mol. The molecule has 0 spiro atoms. The van der Waals surface area contributed by atoms with E-state index in [1.165, 1.54) is 12.1 Å². The Morgan fingerprint density at radius 2 is 1.60 bits per heavy atom. The number of benzene rings is 3. The Morgan fingerprint density at radius 1 is 0.953 bits per heavy atom. The third-order valence-electron chi connectivity index (χ3n) is 7.53. The van der Waals surface area contributed by atoms with Crippen molar-refractivity contribution in [1.29, 1.82) is 0 Å². The van der Waals surface area contributed by atoms with Crippen LogP contribution in [0.5, 0.6) is 11.5 Å². The predicted octanol–water partition coefficient (Wildman–Crippen LogP) is 9.72. The molecular formula is C32H31ClF6O4. The normalized spacial score (nSPS) is 19.6. The number of phenols is 1. The van der Waals surface area contributed by atoms with E-state index >= 15 is 0 Å². The van der Waals surface area contributed by atoms with Gasteiger partial charge < -0.3 is 14.6 Å². The van der Waals surface area contributed by atoms with Crippen LogP contribution in [-0.4, -0.2) is 17.7 Å². The zero-order valence-corrected chi connectivity index (χ0v) is 24.5. The summed E-state index contributed by atoms with van der Waals surface area (Å²) in [6.45, 7) is 5.85. The predicted molar refractivity (Wildman–Crippen MR) is 150 cm³/mol. The lowest BCUT2D eigenvalue weighted by Gasteiger charge is -2.24. The standard InChI is InChI=1S/C32H31ClF6O4/c1-4-9-42-28-16-26(33)27(40)15-25(28)24-8-5-17(2)10-20(24)11-19-7-6-18(3)29(43-30(19)41)21-12-22(31(34,35)36)14-23(13-21)32(37,38)39/h5,8,10,12-16,18-19,29,40H,4,6-7,9,11H2,1-3H3/t18-,19?,29+/m1/s1. The molecule has 0 bridgehead atoms. The van der Waals surface area contributed by atoms with E-state index in [1.807, 2.05) is 32.0 Å². The number of esters is 1. The molecule has 11 heteroatoms. The van der Waals surface area contributed by atoms with Gasteiger partial charge in [-0.25, -0.2) is 0 Å². The first kappa shape index (κ1) is 32.5. The van der Waals surface area contributed by atoms with Gasteiger partial charge in [-0.3, -0.25) is 4.79 Å². The lowest BCUT2D eigenvalue weighted by atomic mass is 9.86. The topological polar surface area (TPSA) is 55.8 Å². The molecule has 4 rings (SSSR count). The summed E-state index contributed by atoms with van der Waals surface area (Å²) in [4.78, 5) is 13.4. The molecule has 4 nitrogen and oxygen atoms in total. The van der Waals surface area contributed by atoms with E-state index in [0.29, 0.717) is 48.5 Å². The number of aryl methyl sites for hydroxylation is 1. The summed E-state index contributed by atoms with van der Waals surface area (Å²) >= 11 is 6.14. The number of aromatic hydroxyl groups is 1. The second-order valence-corrected chi connectivity index (χ2v) is 11.4. The maximum Gasteiger partial charge on any atom is 0.416 e. The molecule has 1 aliphatic heterocycles. The van der Waals surface area contributed by atoms with Gasteiger partial charge in [-0.2, -0.15) is 26.3 Å². The number of phenolic OH excluding ortho intramolecular Hbond substituents is 1. The smallest absolute Gasteiger partial charge is 0.416 e. The van der Waals surface area contributed by atoms with Crippen LogP contribution in [0.2, 0.25) is 5.02 Å². The Bertz CT molecular complexity index is 1450. The minimum Gasteiger partial charge on any atom is -0.506 e. The highest BCUT2D eigenvalue weighted by Gasteiger charge is 2.40. The number of halogens is 7. The summed E-state index contributed by atoms with van der Waals surface area (Å²) in [5.74, 6) is -1.69. The van der Waals surface area contributed by atoms with Gasteiger partial charge in [-0.15, -0.1) is 0 Å². The van der Waals surface area contributed by atoms with E-state index in [4.69, 9.17) is 21.1 Å². The number of hydrogen-bond donors (Lipinski definition) is 1. The molecule has 1 fully saturated rings. The fourth-order valence-corrected chi connectivity index (χ4v) is 5.45. The van der Waals surface area contributed by atoms with Gasteiger partial charge >= 0.3 is 18.3 Å². The van der Waals surface area contributed by atoms with E-state index < -0.39 is 47.4 Å². The Balaban J connectivity index is 1.68. The zero-order valence-electron chi connectivity index (χ0n) is 23.7. The number of carbonyl (C=O) groups excluding carboxylic acids is 1. The highest BCUT2D eigenvalue weighted by atomic mass is 35.5. The van der Waals surface area contributed by atoms with Gasteiger partial charge in [0.1, 0.15) is 17.6 Å². The molecule has 232 valence electrons. The number of hydrogen-bond acceptors (Lipinski definition) is 4. The Hall–Kier alpha value is -3.40. The molecule has 0 aromatic heterocycles. The molecule has 0 aliphatic carbocycles. The highest BCUT2D eigenvalue weighted by molar-refractivity contribution is 6.32. The second-order valence-electron chi connectivity index (χ2n) is 11.0. The lowest BCUT2D eigenvalue weighted by molar-refractivity contribution is -0.154. The fraction of sp³-hybridized carbons (Fsp3) is 0.406. The SMILES string of the molecule is CCCOc1cc(Cl)c(O)cc1-c1ccc(C)cc1CC1CC[C@@H](C)[C@@H](c2cc(C(F)(F)F)cc(C(F)(F)F)c2)OC1=O. The summed E-state index contributed by atoms with van der Waals surface area (Å²) in [5, 5.41) is 10.5. The Kier molecular flexibility index (Phi) is 9.59. The molecule has 1 saturated heterocycles. The van der Waals surface area contributed by atoms with Gasteiger partial charge in [0.15, 0.2) is 0 Å². The van der Waals surface area contributed by atoms with Crippen LogP contribution in [-0.2, 0) is 28.3 Å². The average molecular weight is 629 g/mol. The molecule has 3 aromatic carbocycles. The first-order valence-corrected chi connectivity index (χ1v) is 14.2. The molecule has 1 N–H and O–H groups in total. The largest absolute Gasteiger partial charge is 0.506 e. The van der Waals surface area contributed by atoms with Crippen molar-refractivity contribution in [2.45, 2.75) is 64.9 Å². The van der Waals surface area contributed by atoms with Gasteiger partial charge in [-0.05, 0) is 79.5 Å². The molecule has 1 heterocycles. The lowest BCUT2D eigenvalue weighted by Crippen LogP contribution is -2.21. The molecule has 3 atom stereocenters. The first-order chi connectivity index (χ1) is 20.1. The van der Waals surface area contributed by atoms with Crippen LogP contribution in [0.4, 0.5) is 26.3 Å². The highest BCUT2D eigenvalue weighted by Crippen LogP contribution is 2.44. The van der Waals surface area contributed by atoms with E-state index in [9.17, 15) is 36.2 Å². The molecule has 1 aliphatic rings. The van der Waals surface area contributed by atoms with Crippen LogP contribution in [0.3, 0.4) is 0 Å². The summed E-state index contributed by atoms with van der Waals surface area (Å²) in [6.07, 6.45) is -9.79. The minimum absolute atomic E-state index is 0.0573. The third kappa shape index (κ3) is 7.58. The van der Waals surface area contributed by atoms with Crippen molar-refractivity contribution >= 4 is 17.6 Å². The molecule has 0 saturated carbocycles. The summed E-state index contributed by atoms with van der Waals surface area (Å²) < 4.78 is 92.6. The van der Waals surface area contributed by atoms with Crippen molar-refractivity contribution in [2.24, 2.45) is 11.8 Å². The maximum absolute atomic E-state index is 13.5. The molecule has 0 radical (unpaired) electrons. The van der Waals surface area contributed by atoms with Gasteiger partial charge in [0.2, 0.25) is 0 Å². The van der Waals surface area contributed by atoms with Crippen molar-refractivity contribution in [2.75, 3.05) is 6.61 Å². The number of ether oxygens (including phenoxy) is 2. The number of alkyl halides is 6. The van der Waals surface area contributed by atoms with Crippen LogP contribution in [0, 0.1) is 18.8 Å². The van der Waals surface area contributed by atoms with Gasteiger partial charge in [0, 0.05) is 11.6 Å². The van der Waals surface area contributed by atoms with Crippen LogP contribution in [0.15, 0.2) is 48.5 Å². The quantitative estimate of drug-likeness (QED) is 0.209. The molecule has 0 amide bonds. The van der Waals surface area contributed by atoms with Crippen LogP contribution < -0.4 is 4.74 Å². The van der Waals surface area contributed by atoms with Gasteiger partial charge in [0.05, 0.1) is 28.7 Å². The van der Waals surface area contributed by atoms with Gasteiger partial charge in [0.25, 0.3) is 0 Å². The van der Waals surface area contributed by atoms with E-state index in [1.54, 1.807) is 6.92 Å². The van der Waals surface area contributed by atoms with Gasteiger partial charge in [-0.1, -0.05) is 49.2 Å². The van der Waals surface area contributed by atoms with Crippen molar-refractivity contribution in [3.8, 4) is 22.6 Å². The van der Waals surface area contributed by atoms with Crippen LogP contribution in [0.1, 0.15) is 67.0 Å². The average Bonchev–Trinajstić information content (AvgIpc) is 3.06. The molecule has 1 unspecified atom stereocenters. The number of cyclic esters (lactones) is 1. The molecular weight excluding hydrogens is 598 g/mol. The second kappa shape index (κ2) is 12.7. The molecule has 3 aromatic rings. The zero-order chi connectivity index (χ0) is 31.7. The van der Waals surface area contributed by atoms with E-state index in [0.717, 1.165) is 17.5 Å². The number of carbonyl (C=O) groups is 1. The summed E-state index contributed by atoms with van der Waals surface area (Å²) in [6, 6.07) is 9.87. The van der Waals surface area contributed by atoms with Crippen molar-refractivity contribution in [3.05, 3.63) is 81.4 Å². The summed E-state index contributed by atoms with van der Waals surface area (Å²) in [5.41, 5.74) is -0.412. The Morgan fingerprint density at radius 3 is 2.21 bits per heavy atom. The van der Waals surface area contributed by atoms with E-state index in [-0.39, 0.29) is 28.8 Å². The number of rotatable bonds is 7. The van der Waals surface area contributed by atoms with E-state index in [2.05, 4.69) is 0 Å². The Labute approximate surface area is 250 Å². The van der Waals surface area contributed by atoms with Crippen molar-refractivity contribution < 1.29 is 45.7 Å². The first-order valence-electron chi connectivity index (χ1n) is 13.8. The summed E-state index contributed by atoms with van der Waals surface area (Å²) in [7, 11) is 0. The minimum atomic E-state index is -5.02. The van der Waals surface area contributed by atoms with Crippen LogP contribution in [0.25, 0.3) is 11.1 Å². The van der Waals surface area contributed by atoms with Crippen molar-refractivity contribution in [1.82, 2.24) is 0 Å². The molecule has 43 heavy (non-hydrogen) atoms. The van der Waals surface area contributed by atoms with Crippen LogP contribution >= 0.6 is 11.6 Å². The van der Waals surface area contributed by atoms with Crippen molar-refractivity contribution in [3.63, 3.8) is 0 Å².